The van der Waals surface area contributed by atoms with Crippen molar-refractivity contribution in [2.24, 2.45) is 4.99 Å². The van der Waals surface area contributed by atoms with E-state index >= 15 is 0 Å². The van der Waals surface area contributed by atoms with Crippen molar-refractivity contribution in [2.75, 3.05) is 7.11 Å². The zero-order chi connectivity index (χ0) is 21.4. The third-order valence-corrected chi connectivity index (χ3v) is 7.04. The quantitative estimate of drug-likeness (QED) is 0.405. The number of rotatable bonds is 6. The molecular weight excluding hydrogens is 400 g/mol. The predicted molar refractivity (Wildman–Crippen MR) is 116 cm³/mol. The molecule has 30 heavy (non-hydrogen) atoms. The number of amides is 1. The van der Waals surface area contributed by atoms with Crippen molar-refractivity contribution in [1.29, 1.82) is 0 Å². The second-order valence-corrected chi connectivity index (χ2v) is 9.59. The molecule has 156 valence electrons. The molecule has 0 radical (unpaired) electrons. The number of thioether (sulfide) groups is 1. The molecule has 0 aromatic heterocycles. The molecule has 0 saturated carbocycles. The van der Waals surface area contributed by atoms with Gasteiger partial charge in [0, 0.05) is 18.1 Å². The summed E-state index contributed by atoms with van der Waals surface area (Å²) in [5.74, 6) is -0.731. The van der Waals surface area contributed by atoms with Crippen molar-refractivity contribution in [3.05, 3.63) is 71.8 Å². The Morgan fingerprint density at radius 1 is 1.13 bits per heavy atom. The number of β-lactam (4-membered cyclic amide) rings is 1. The molecule has 0 spiro atoms. The highest BCUT2D eigenvalue weighted by Crippen LogP contribution is 2.56. The molecule has 4 rings (SSSR count). The van der Waals surface area contributed by atoms with Crippen molar-refractivity contribution in [3.8, 4) is 0 Å². The van der Waals surface area contributed by atoms with Crippen molar-refractivity contribution in [2.45, 2.75) is 42.3 Å². The van der Waals surface area contributed by atoms with Crippen molar-refractivity contribution >= 4 is 29.9 Å². The van der Waals surface area contributed by atoms with Crippen LogP contribution >= 0.6 is 11.8 Å². The van der Waals surface area contributed by atoms with Crippen LogP contribution in [0, 0.1) is 0 Å². The largest absolute Gasteiger partial charge is 0.459 e. The first-order valence-electron chi connectivity index (χ1n) is 9.75. The first kappa shape index (κ1) is 20.6. The number of methoxy groups -OCH3 is 1. The van der Waals surface area contributed by atoms with E-state index in [-0.39, 0.29) is 17.9 Å². The van der Waals surface area contributed by atoms with Gasteiger partial charge < -0.3 is 14.4 Å². The fraction of sp³-hybridized carbons (Fsp3) is 0.348. The summed E-state index contributed by atoms with van der Waals surface area (Å²) in [6, 6.07) is 18.3. The monoisotopic (exact) mass is 424 g/mol. The van der Waals surface area contributed by atoms with E-state index in [1.165, 1.54) is 18.9 Å². The highest BCUT2D eigenvalue weighted by atomic mass is 32.2. The number of fused-ring (bicyclic) bond motifs is 1. The van der Waals surface area contributed by atoms with Crippen LogP contribution in [-0.2, 0) is 25.7 Å². The van der Waals surface area contributed by atoms with Gasteiger partial charge in [-0.15, -0.1) is 11.8 Å². The van der Waals surface area contributed by atoms with E-state index in [9.17, 15) is 9.59 Å². The minimum atomic E-state index is -1.33. The zero-order valence-electron chi connectivity index (χ0n) is 17.1. The van der Waals surface area contributed by atoms with Crippen LogP contribution in [0.25, 0.3) is 0 Å². The van der Waals surface area contributed by atoms with E-state index in [1.54, 1.807) is 11.1 Å². The fourth-order valence-corrected chi connectivity index (χ4v) is 5.53. The molecule has 2 aromatic rings. The van der Waals surface area contributed by atoms with E-state index < -0.39 is 22.5 Å². The minimum absolute atomic E-state index is 0.172. The Balaban J connectivity index is 1.53. The van der Waals surface area contributed by atoms with Crippen LogP contribution in [0.15, 0.2) is 65.7 Å². The molecule has 1 unspecified atom stereocenters. The van der Waals surface area contributed by atoms with Gasteiger partial charge in [0.1, 0.15) is 18.0 Å². The first-order valence-corrected chi connectivity index (χ1v) is 10.6. The summed E-state index contributed by atoms with van der Waals surface area (Å²) in [5.41, 5.74) is 0.451. The normalized spacial score (nSPS) is 27.0. The number of hydrogen-bond acceptors (Lipinski definition) is 6. The van der Waals surface area contributed by atoms with Crippen LogP contribution < -0.4 is 0 Å². The highest BCUT2D eigenvalue weighted by Gasteiger charge is 2.72. The van der Waals surface area contributed by atoms with Gasteiger partial charge in [-0.1, -0.05) is 60.7 Å². The number of esters is 1. The van der Waals surface area contributed by atoms with E-state index in [0.29, 0.717) is 0 Å². The number of hydrogen-bond donors (Lipinski definition) is 0. The Kier molecular flexibility index (Phi) is 5.42. The van der Waals surface area contributed by atoms with E-state index in [1.807, 2.05) is 74.5 Å². The summed E-state index contributed by atoms with van der Waals surface area (Å²) >= 11 is 1.51. The second-order valence-electron chi connectivity index (χ2n) is 7.85. The van der Waals surface area contributed by atoms with Gasteiger partial charge >= 0.3 is 5.97 Å². The van der Waals surface area contributed by atoms with Crippen LogP contribution in [0.2, 0.25) is 0 Å². The number of aliphatic imine (C=N–C) groups is 1. The van der Waals surface area contributed by atoms with Crippen LogP contribution in [0.5, 0.6) is 0 Å². The van der Waals surface area contributed by atoms with Crippen molar-refractivity contribution in [3.63, 3.8) is 0 Å². The molecule has 0 bridgehead atoms. The van der Waals surface area contributed by atoms with Gasteiger partial charge in [0.25, 0.3) is 11.6 Å². The van der Waals surface area contributed by atoms with Crippen molar-refractivity contribution < 1.29 is 19.1 Å². The number of carbonyl (C=O) groups is 2. The van der Waals surface area contributed by atoms with Gasteiger partial charge in [0.15, 0.2) is 0 Å². The second kappa shape index (κ2) is 7.89. The highest BCUT2D eigenvalue weighted by molar-refractivity contribution is 8.01. The van der Waals surface area contributed by atoms with E-state index in [4.69, 9.17) is 9.47 Å². The topological polar surface area (TPSA) is 68.2 Å². The Labute approximate surface area is 180 Å². The lowest BCUT2D eigenvalue weighted by Crippen LogP contribution is -2.73. The molecule has 6 nitrogen and oxygen atoms in total. The summed E-state index contributed by atoms with van der Waals surface area (Å²) in [6.45, 7) is 4.06. The maximum absolute atomic E-state index is 13.2. The average Bonchev–Trinajstić information content (AvgIpc) is 3.03. The lowest BCUT2D eigenvalue weighted by molar-refractivity contribution is -0.193. The minimum Gasteiger partial charge on any atom is -0.459 e. The lowest BCUT2D eigenvalue weighted by atomic mass is 9.93. The lowest BCUT2D eigenvalue weighted by Gasteiger charge is -2.49. The molecule has 2 aliphatic heterocycles. The summed E-state index contributed by atoms with van der Waals surface area (Å²) in [7, 11) is 1.48. The molecule has 2 aliphatic rings. The van der Waals surface area contributed by atoms with Gasteiger partial charge in [0.05, 0.1) is 0 Å². The molecule has 2 aromatic carbocycles. The smallest absolute Gasteiger partial charge is 0.330 e. The van der Waals surface area contributed by atoms with Gasteiger partial charge in [-0.05, 0) is 25.0 Å². The zero-order valence-corrected chi connectivity index (χ0v) is 18.0. The van der Waals surface area contributed by atoms with E-state index in [0.717, 1.165) is 11.1 Å². The number of carbonyl (C=O) groups excluding carboxylic acids is 2. The summed E-state index contributed by atoms with van der Waals surface area (Å²) in [5, 5.41) is -0.390. The molecule has 0 N–H and O–H groups in total. The first-order chi connectivity index (χ1) is 14.4. The maximum atomic E-state index is 13.2. The average molecular weight is 425 g/mol. The third-order valence-electron chi connectivity index (χ3n) is 5.44. The molecular formula is C23H24N2O4S. The number of benzene rings is 2. The standard InChI is InChI=1S/C23H24N2O4S/c1-22(2)18(19(26)29-15-17-12-8-5-9-13-17)25-20(27)23(28-3,21(25)30-22)24-14-16-10-6-4-7-11-16/h4-14,18,21H,15H2,1-3H3/b24-14+/t18-,21+,23?/m0/s1. The Hall–Kier alpha value is -2.64. The summed E-state index contributed by atoms with van der Waals surface area (Å²) < 4.78 is 10.6. The van der Waals surface area contributed by atoms with Crippen molar-refractivity contribution in [1.82, 2.24) is 4.90 Å². The number of ether oxygens (including phenoxy) is 2. The molecule has 7 heteroatoms. The summed E-state index contributed by atoms with van der Waals surface area (Å²) in [4.78, 5) is 32.2. The van der Waals surface area contributed by atoms with Crippen LogP contribution in [-0.4, -0.2) is 52.0 Å². The fourth-order valence-electron chi connectivity index (χ4n) is 3.87. The van der Waals surface area contributed by atoms with Gasteiger partial charge in [-0.3, -0.25) is 4.79 Å². The third kappa shape index (κ3) is 3.42. The molecule has 1 amide bonds. The molecule has 3 atom stereocenters. The maximum Gasteiger partial charge on any atom is 0.330 e. The molecule has 2 heterocycles. The Morgan fingerprint density at radius 2 is 1.77 bits per heavy atom. The Morgan fingerprint density at radius 3 is 2.40 bits per heavy atom. The molecule has 2 saturated heterocycles. The van der Waals surface area contributed by atoms with Crippen LogP contribution in [0.1, 0.15) is 25.0 Å². The van der Waals surface area contributed by atoms with Crippen LogP contribution in [0.3, 0.4) is 0 Å². The SMILES string of the molecule is COC1(/N=C/c2ccccc2)C(=O)N2[C@@H](C(=O)OCc3ccccc3)C(C)(C)S[C@@H]21. The van der Waals surface area contributed by atoms with Gasteiger partial charge in [-0.2, -0.15) is 0 Å². The number of nitrogens with zero attached hydrogens (tertiary/aromatic N) is 2. The van der Waals surface area contributed by atoms with Crippen LogP contribution in [0.4, 0.5) is 0 Å². The Bertz CT molecular complexity index is 964. The molecule has 0 aliphatic carbocycles. The molecule has 2 fully saturated rings. The van der Waals surface area contributed by atoms with Gasteiger partial charge in [0.2, 0.25) is 0 Å². The predicted octanol–water partition coefficient (Wildman–Crippen LogP) is 3.25. The van der Waals surface area contributed by atoms with E-state index in [2.05, 4.69) is 4.99 Å². The van der Waals surface area contributed by atoms with Gasteiger partial charge in [-0.25, -0.2) is 9.79 Å². The summed E-state index contributed by atoms with van der Waals surface area (Å²) in [6.07, 6.45) is 1.65.